The standard InChI is InChI=1S/C30H62O2/c1-8-11-23-32-30(10-3)25-31-24-22-29(7)21-14-20-28(6)19-13-18-27(5)17-12-16-26(4)15-9-2/h26-30H,8-25H2,1-7H3. The molecule has 5 unspecified atom stereocenters. The first-order valence-corrected chi connectivity index (χ1v) is 14.6. The van der Waals surface area contributed by atoms with Crippen LogP contribution in [0.1, 0.15) is 145 Å². The van der Waals surface area contributed by atoms with Gasteiger partial charge in [-0.05, 0) is 42.9 Å². The molecule has 0 aromatic carbocycles. The summed E-state index contributed by atoms with van der Waals surface area (Å²) in [6.45, 7) is 19.0. The maximum Gasteiger partial charge on any atom is 0.0805 e. The summed E-state index contributed by atoms with van der Waals surface area (Å²) in [7, 11) is 0. The highest BCUT2D eigenvalue weighted by Gasteiger charge is 2.10. The third kappa shape index (κ3) is 20.5. The molecule has 0 rings (SSSR count). The van der Waals surface area contributed by atoms with Crippen LogP contribution in [0.15, 0.2) is 0 Å². The molecule has 2 nitrogen and oxygen atoms in total. The minimum absolute atomic E-state index is 0.282. The summed E-state index contributed by atoms with van der Waals surface area (Å²) in [6.07, 6.45) is 20.3. The van der Waals surface area contributed by atoms with Crippen LogP contribution in [0, 0.1) is 23.7 Å². The molecule has 0 aliphatic rings. The van der Waals surface area contributed by atoms with E-state index < -0.39 is 0 Å². The van der Waals surface area contributed by atoms with Gasteiger partial charge in [0, 0.05) is 13.2 Å². The van der Waals surface area contributed by atoms with Crippen LogP contribution in [0.3, 0.4) is 0 Å². The number of ether oxygens (including phenoxy) is 2. The van der Waals surface area contributed by atoms with E-state index in [-0.39, 0.29) is 6.10 Å². The molecule has 194 valence electrons. The molecule has 0 aliphatic carbocycles. The van der Waals surface area contributed by atoms with Crippen molar-refractivity contribution < 1.29 is 9.47 Å². The van der Waals surface area contributed by atoms with E-state index in [0.717, 1.165) is 56.3 Å². The molecule has 0 radical (unpaired) electrons. The van der Waals surface area contributed by atoms with Gasteiger partial charge in [0.15, 0.2) is 0 Å². The Morgan fingerprint density at radius 2 is 0.969 bits per heavy atom. The molecule has 0 spiro atoms. The summed E-state index contributed by atoms with van der Waals surface area (Å²) < 4.78 is 11.8. The fourth-order valence-corrected chi connectivity index (χ4v) is 4.69. The first kappa shape index (κ1) is 31.9. The van der Waals surface area contributed by atoms with Gasteiger partial charge in [-0.2, -0.15) is 0 Å². The molecule has 0 bridgehead atoms. The molecule has 2 heteroatoms. The topological polar surface area (TPSA) is 18.5 Å². The predicted molar refractivity (Wildman–Crippen MR) is 143 cm³/mol. The Kier molecular flexibility index (Phi) is 22.6. The Morgan fingerprint density at radius 3 is 1.41 bits per heavy atom. The second-order valence-corrected chi connectivity index (χ2v) is 11.1. The van der Waals surface area contributed by atoms with E-state index in [9.17, 15) is 0 Å². The lowest BCUT2D eigenvalue weighted by Gasteiger charge is -2.18. The molecule has 0 N–H and O–H groups in total. The highest BCUT2D eigenvalue weighted by atomic mass is 16.5. The number of unbranched alkanes of at least 4 members (excludes halogenated alkanes) is 1. The average molecular weight is 455 g/mol. The van der Waals surface area contributed by atoms with Crippen molar-refractivity contribution in [2.75, 3.05) is 19.8 Å². The van der Waals surface area contributed by atoms with E-state index in [0.29, 0.717) is 0 Å². The van der Waals surface area contributed by atoms with Gasteiger partial charge in [-0.3, -0.25) is 0 Å². The van der Waals surface area contributed by atoms with E-state index in [1.165, 1.54) is 83.5 Å². The summed E-state index contributed by atoms with van der Waals surface area (Å²) in [5.74, 6) is 3.51. The minimum atomic E-state index is 0.282. The number of rotatable bonds is 24. The summed E-state index contributed by atoms with van der Waals surface area (Å²) >= 11 is 0. The summed E-state index contributed by atoms with van der Waals surface area (Å²) in [5.41, 5.74) is 0. The lowest BCUT2D eigenvalue weighted by molar-refractivity contribution is -0.0213. The fourth-order valence-electron chi connectivity index (χ4n) is 4.69. The largest absolute Gasteiger partial charge is 0.379 e. The van der Waals surface area contributed by atoms with Crippen LogP contribution in [0.4, 0.5) is 0 Å². The first-order valence-electron chi connectivity index (χ1n) is 14.6. The number of hydrogen-bond donors (Lipinski definition) is 0. The Bertz CT molecular complexity index is 370. The molecule has 0 aromatic heterocycles. The first-order chi connectivity index (χ1) is 15.4. The van der Waals surface area contributed by atoms with E-state index in [2.05, 4.69) is 48.5 Å². The third-order valence-electron chi connectivity index (χ3n) is 7.33. The van der Waals surface area contributed by atoms with Crippen molar-refractivity contribution in [3.63, 3.8) is 0 Å². The van der Waals surface area contributed by atoms with Gasteiger partial charge in [0.1, 0.15) is 0 Å². The zero-order chi connectivity index (χ0) is 24.0. The molecule has 0 amide bonds. The van der Waals surface area contributed by atoms with Crippen LogP contribution in [0.5, 0.6) is 0 Å². The molecular weight excluding hydrogens is 392 g/mol. The normalized spacial score (nSPS) is 16.6. The van der Waals surface area contributed by atoms with Crippen LogP contribution >= 0.6 is 0 Å². The van der Waals surface area contributed by atoms with Crippen LogP contribution < -0.4 is 0 Å². The van der Waals surface area contributed by atoms with Gasteiger partial charge in [-0.1, -0.05) is 126 Å². The predicted octanol–water partition coefficient (Wildman–Crippen LogP) is 9.84. The van der Waals surface area contributed by atoms with Crippen molar-refractivity contribution in [1.29, 1.82) is 0 Å². The van der Waals surface area contributed by atoms with E-state index in [1.54, 1.807) is 0 Å². The summed E-state index contributed by atoms with van der Waals surface area (Å²) in [6, 6.07) is 0. The molecule has 5 atom stereocenters. The molecule has 0 heterocycles. The van der Waals surface area contributed by atoms with Crippen LogP contribution in [-0.4, -0.2) is 25.9 Å². The van der Waals surface area contributed by atoms with Crippen LogP contribution in [-0.2, 0) is 9.47 Å². The van der Waals surface area contributed by atoms with Gasteiger partial charge in [-0.25, -0.2) is 0 Å². The quantitative estimate of drug-likeness (QED) is 0.135. The Balaban J connectivity index is 3.62. The Hall–Kier alpha value is -0.0800. The van der Waals surface area contributed by atoms with E-state index in [4.69, 9.17) is 9.47 Å². The van der Waals surface area contributed by atoms with Gasteiger partial charge in [0.25, 0.3) is 0 Å². The fraction of sp³-hybridized carbons (Fsp3) is 1.00. The summed E-state index contributed by atoms with van der Waals surface area (Å²) in [4.78, 5) is 0. The van der Waals surface area contributed by atoms with Gasteiger partial charge < -0.3 is 9.47 Å². The third-order valence-corrected chi connectivity index (χ3v) is 7.33. The van der Waals surface area contributed by atoms with Gasteiger partial charge in [-0.15, -0.1) is 0 Å². The Morgan fingerprint density at radius 1 is 0.500 bits per heavy atom. The van der Waals surface area contributed by atoms with Crippen molar-refractivity contribution in [1.82, 2.24) is 0 Å². The second kappa shape index (κ2) is 22.7. The average Bonchev–Trinajstić information content (AvgIpc) is 2.75. The second-order valence-electron chi connectivity index (χ2n) is 11.1. The minimum Gasteiger partial charge on any atom is -0.379 e. The molecular formula is C30H62O2. The van der Waals surface area contributed by atoms with E-state index >= 15 is 0 Å². The highest BCUT2D eigenvalue weighted by molar-refractivity contribution is 4.62. The number of hydrogen-bond acceptors (Lipinski definition) is 2. The van der Waals surface area contributed by atoms with Gasteiger partial charge >= 0.3 is 0 Å². The van der Waals surface area contributed by atoms with Gasteiger partial charge in [0.05, 0.1) is 12.7 Å². The maximum atomic E-state index is 5.92. The monoisotopic (exact) mass is 454 g/mol. The highest BCUT2D eigenvalue weighted by Crippen LogP contribution is 2.23. The maximum absolute atomic E-state index is 5.92. The van der Waals surface area contributed by atoms with Crippen LogP contribution in [0.25, 0.3) is 0 Å². The summed E-state index contributed by atoms with van der Waals surface area (Å²) in [5, 5.41) is 0. The lowest BCUT2D eigenvalue weighted by atomic mass is 9.90. The molecule has 0 fully saturated rings. The van der Waals surface area contributed by atoms with Crippen LogP contribution in [0.2, 0.25) is 0 Å². The zero-order valence-electron chi connectivity index (χ0n) is 23.4. The van der Waals surface area contributed by atoms with Crippen molar-refractivity contribution in [2.24, 2.45) is 23.7 Å². The van der Waals surface area contributed by atoms with E-state index in [1.807, 2.05) is 0 Å². The van der Waals surface area contributed by atoms with Crippen molar-refractivity contribution in [2.45, 2.75) is 151 Å². The smallest absolute Gasteiger partial charge is 0.0805 e. The zero-order valence-corrected chi connectivity index (χ0v) is 23.4. The van der Waals surface area contributed by atoms with Crippen molar-refractivity contribution in [3.8, 4) is 0 Å². The van der Waals surface area contributed by atoms with Crippen molar-refractivity contribution in [3.05, 3.63) is 0 Å². The lowest BCUT2D eigenvalue weighted by Crippen LogP contribution is -2.20. The molecule has 0 saturated carbocycles. The Labute approximate surface area is 204 Å². The molecule has 0 aromatic rings. The molecule has 0 aliphatic heterocycles. The van der Waals surface area contributed by atoms with Crippen molar-refractivity contribution >= 4 is 0 Å². The molecule has 0 saturated heterocycles. The SMILES string of the molecule is CCCCOC(CC)COCCC(C)CCCC(C)CCCC(C)CCCC(C)CCC. The van der Waals surface area contributed by atoms with Gasteiger partial charge in [0.2, 0.25) is 0 Å². The molecule has 32 heavy (non-hydrogen) atoms.